The van der Waals surface area contributed by atoms with Crippen LogP contribution in [-0.4, -0.2) is 36.9 Å². The van der Waals surface area contributed by atoms with E-state index < -0.39 is 0 Å². The van der Waals surface area contributed by atoms with Crippen LogP contribution >= 0.6 is 11.8 Å². The molecular formula is C27H31N5O2S. The van der Waals surface area contributed by atoms with Crippen molar-refractivity contribution in [2.24, 2.45) is 5.92 Å². The van der Waals surface area contributed by atoms with Crippen molar-refractivity contribution in [2.75, 3.05) is 6.54 Å². The zero-order chi connectivity index (χ0) is 24.5. The fourth-order valence-corrected chi connectivity index (χ4v) is 5.82. The van der Waals surface area contributed by atoms with Crippen LogP contribution in [-0.2, 0) is 4.79 Å². The fourth-order valence-electron chi connectivity index (χ4n) is 4.94. The van der Waals surface area contributed by atoms with Crippen LogP contribution in [0.1, 0.15) is 50.2 Å². The number of amides is 1. The summed E-state index contributed by atoms with van der Waals surface area (Å²) in [5.74, 6) is 1.03. The topological polar surface area (TPSA) is 81.3 Å². The molecule has 35 heavy (non-hydrogen) atoms. The summed E-state index contributed by atoms with van der Waals surface area (Å²) in [6, 6.07) is 13.4. The molecule has 2 aromatic carbocycles. The summed E-state index contributed by atoms with van der Waals surface area (Å²) in [5, 5.41) is 12.8. The third kappa shape index (κ3) is 4.47. The van der Waals surface area contributed by atoms with E-state index in [-0.39, 0.29) is 16.7 Å². The number of carbonyl (C=O) groups excluding carboxylic acids is 1. The maximum Gasteiger partial charge on any atom is 0.267 e. The van der Waals surface area contributed by atoms with Gasteiger partial charge in [0.2, 0.25) is 11.7 Å². The SMILES string of the molecule is Cc1cccc(-n2c(=O)c3ccccc3n3c(SC(C)C(=O)NCC4CCCCC4)nnc23)c1C. The first-order valence-electron chi connectivity index (χ1n) is 12.4. The largest absolute Gasteiger partial charge is 0.355 e. The third-order valence-corrected chi connectivity index (χ3v) is 8.20. The van der Waals surface area contributed by atoms with Crippen molar-refractivity contribution < 1.29 is 4.79 Å². The zero-order valence-corrected chi connectivity index (χ0v) is 21.3. The molecule has 1 fully saturated rings. The van der Waals surface area contributed by atoms with Gasteiger partial charge in [-0.05, 0) is 68.9 Å². The van der Waals surface area contributed by atoms with Crippen LogP contribution in [0.25, 0.3) is 22.4 Å². The summed E-state index contributed by atoms with van der Waals surface area (Å²) in [6.45, 7) is 6.67. The van der Waals surface area contributed by atoms with Crippen molar-refractivity contribution in [1.82, 2.24) is 24.5 Å². The number of aryl methyl sites for hydroxylation is 1. The smallest absolute Gasteiger partial charge is 0.267 e. The number of nitrogens with one attached hydrogen (secondary N) is 1. The minimum atomic E-state index is -0.342. The first kappa shape index (κ1) is 23.6. The Morgan fingerprint density at radius 2 is 1.86 bits per heavy atom. The van der Waals surface area contributed by atoms with Gasteiger partial charge in [-0.15, -0.1) is 10.2 Å². The Kier molecular flexibility index (Phi) is 6.65. The standard InChI is InChI=1S/C27H31N5O2S/c1-17-10-9-15-22(18(17)2)31-25(34)21-13-7-8-14-23(21)32-26(31)29-30-27(32)35-19(3)24(33)28-16-20-11-5-4-6-12-20/h7-10,13-15,19-20H,4-6,11-12,16H2,1-3H3,(H,28,33). The number of hydrogen-bond donors (Lipinski definition) is 1. The molecule has 7 nitrogen and oxygen atoms in total. The highest BCUT2D eigenvalue weighted by atomic mass is 32.2. The average molecular weight is 490 g/mol. The van der Waals surface area contributed by atoms with Gasteiger partial charge in [-0.3, -0.25) is 14.0 Å². The molecule has 5 rings (SSSR count). The number of aromatic nitrogens is 4. The number of carbonyl (C=O) groups is 1. The van der Waals surface area contributed by atoms with E-state index in [2.05, 4.69) is 15.5 Å². The molecule has 0 aliphatic heterocycles. The minimum absolute atomic E-state index is 0.00415. The number of fused-ring (bicyclic) bond motifs is 3. The van der Waals surface area contributed by atoms with Crippen molar-refractivity contribution in [3.63, 3.8) is 0 Å². The number of rotatable bonds is 6. The van der Waals surface area contributed by atoms with E-state index in [1.807, 2.05) is 67.6 Å². The van der Waals surface area contributed by atoms with Gasteiger partial charge in [-0.25, -0.2) is 4.57 Å². The zero-order valence-electron chi connectivity index (χ0n) is 20.5. The van der Waals surface area contributed by atoms with Crippen LogP contribution < -0.4 is 10.9 Å². The summed E-state index contributed by atoms with van der Waals surface area (Å²) in [5.41, 5.74) is 3.49. The van der Waals surface area contributed by atoms with E-state index in [1.54, 1.807) is 4.57 Å². The van der Waals surface area contributed by atoms with Crippen molar-refractivity contribution >= 4 is 34.3 Å². The number of nitrogens with zero attached hydrogens (tertiary/aromatic N) is 4. The number of hydrogen-bond acceptors (Lipinski definition) is 5. The van der Waals surface area contributed by atoms with Gasteiger partial charge in [0.25, 0.3) is 5.56 Å². The Morgan fingerprint density at radius 1 is 1.09 bits per heavy atom. The lowest BCUT2D eigenvalue weighted by Crippen LogP contribution is -2.35. The second kappa shape index (κ2) is 9.85. The van der Waals surface area contributed by atoms with Crippen molar-refractivity contribution in [2.45, 2.75) is 63.3 Å². The maximum atomic E-state index is 13.6. The quantitative estimate of drug-likeness (QED) is 0.393. The molecule has 2 heterocycles. The van der Waals surface area contributed by atoms with Gasteiger partial charge in [0, 0.05) is 6.54 Å². The van der Waals surface area contributed by atoms with E-state index in [9.17, 15) is 9.59 Å². The van der Waals surface area contributed by atoms with Crippen LogP contribution in [0.4, 0.5) is 0 Å². The second-order valence-electron chi connectivity index (χ2n) is 9.50. The first-order valence-corrected chi connectivity index (χ1v) is 13.2. The highest BCUT2D eigenvalue weighted by Crippen LogP contribution is 2.28. The molecule has 1 aliphatic carbocycles. The molecule has 0 spiro atoms. The molecular weight excluding hydrogens is 458 g/mol. The van der Waals surface area contributed by atoms with Gasteiger partial charge in [-0.1, -0.05) is 55.3 Å². The first-order chi connectivity index (χ1) is 17.0. The van der Waals surface area contributed by atoms with Crippen LogP contribution in [0.5, 0.6) is 0 Å². The van der Waals surface area contributed by atoms with Crippen LogP contribution in [0.15, 0.2) is 52.4 Å². The molecule has 1 aliphatic rings. The number of thioether (sulfide) groups is 1. The lowest BCUT2D eigenvalue weighted by Gasteiger charge is -2.22. The molecule has 2 aromatic heterocycles. The summed E-state index contributed by atoms with van der Waals surface area (Å²) in [6.07, 6.45) is 6.20. The predicted molar refractivity (Wildman–Crippen MR) is 140 cm³/mol. The number of benzene rings is 2. The summed E-state index contributed by atoms with van der Waals surface area (Å²) in [4.78, 5) is 26.5. The molecule has 0 saturated heterocycles. The minimum Gasteiger partial charge on any atom is -0.355 e. The third-order valence-electron chi connectivity index (χ3n) is 7.15. The predicted octanol–water partition coefficient (Wildman–Crippen LogP) is 4.83. The number of para-hydroxylation sites is 1. The van der Waals surface area contributed by atoms with Gasteiger partial charge >= 0.3 is 0 Å². The van der Waals surface area contributed by atoms with Gasteiger partial charge in [0.1, 0.15) is 0 Å². The highest BCUT2D eigenvalue weighted by molar-refractivity contribution is 8.00. The van der Waals surface area contributed by atoms with Gasteiger partial charge in [-0.2, -0.15) is 0 Å². The Labute approximate surface area is 208 Å². The Morgan fingerprint density at radius 3 is 2.66 bits per heavy atom. The molecule has 1 atom stereocenters. The van der Waals surface area contributed by atoms with Crippen LogP contribution in [0.2, 0.25) is 0 Å². The lowest BCUT2D eigenvalue weighted by molar-refractivity contribution is -0.120. The summed E-state index contributed by atoms with van der Waals surface area (Å²) >= 11 is 1.37. The fraction of sp³-hybridized carbons (Fsp3) is 0.407. The molecule has 1 unspecified atom stereocenters. The van der Waals surface area contributed by atoms with E-state index in [4.69, 9.17) is 0 Å². The van der Waals surface area contributed by atoms with Gasteiger partial charge < -0.3 is 5.32 Å². The molecule has 8 heteroatoms. The van der Waals surface area contributed by atoms with Crippen LogP contribution in [0, 0.1) is 19.8 Å². The highest BCUT2D eigenvalue weighted by Gasteiger charge is 2.23. The molecule has 1 saturated carbocycles. The van der Waals surface area contributed by atoms with E-state index >= 15 is 0 Å². The Bertz CT molecular complexity index is 1450. The molecule has 1 amide bonds. The van der Waals surface area contributed by atoms with Crippen molar-refractivity contribution in [1.29, 1.82) is 0 Å². The normalized spacial score (nSPS) is 15.5. The molecule has 4 aromatic rings. The van der Waals surface area contributed by atoms with Crippen molar-refractivity contribution in [3.05, 3.63) is 63.9 Å². The maximum absolute atomic E-state index is 13.6. The van der Waals surface area contributed by atoms with Crippen molar-refractivity contribution in [3.8, 4) is 5.69 Å². The Hall–Kier alpha value is -3.13. The van der Waals surface area contributed by atoms with Gasteiger partial charge in [0.15, 0.2) is 5.16 Å². The second-order valence-corrected chi connectivity index (χ2v) is 10.8. The van der Waals surface area contributed by atoms with E-state index in [0.717, 1.165) is 28.9 Å². The van der Waals surface area contributed by atoms with Gasteiger partial charge in [0.05, 0.1) is 21.8 Å². The molecule has 0 radical (unpaired) electrons. The van der Waals surface area contributed by atoms with E-state index in [0.29, 0.717) is 22.2 Å². The monoisotopic (exact) mass is 489 g/mol. The summed E-state index contributed by atoms with van der Waals surface area (Å²) < 4.78 is 3.53. The molecule has 0 bridgehead atoms. The molecule has 182 valence electrons. The van der Waals surface area contributed by atoms with Crippen LogP contribution in [0.3, 0.4) is 0 Å². The van der Waals surface area contributed by atoms with E-state index in [1.165, 1.54) is 43.9 Å². The lowest BCUT2D eigenvalue weighted by atomic mass is 9.89. The average Bonchev–Trinajstić information content (AvgIpc) is 3.29. The summed E-state index contributed by atoms with van der Waals surface area (Å²) in [7, 11) is 0. The molecule has 1 N–H and O–H groups in total. The Balaban J connectivity index is 1.53.